The maximum Gasteiger partial charge on any atom is 0.270 e. The zero-order valence-electron chi connectivity index (χ0n) is 13.6. The first kappa shape index (κ1) is 16.2. The molecule has 2 saturated heterocycles. The van der Waals surface area contributed by atoms with Crippen molar-refractivity contribution < 1.29 is 9.53 Å². The van der Waals surface area contributed by atoms with Crippen LogP contribution in [0.1, 0.15) is 20.4 Å². The molecule has 0 spiro atoms. The van der Waals surface area contributed by atoms with Gasteiger partial charge in [0.25, 0.3) is 5.91 Å². The van der Waals surface area contributed by atoms with Crippen molar-refractivity contribution in [2.75, 3.05) is 26.2 Å². The smallest absolute Gasteiger partial charge is 0.270 e. The van der Waals surface area contributed by atoms with Crippen LogP contribution in [0.3, 0.4) is 0 Å². The predicted molar refractivity (Wildman–Crippen MR) is 95.5 cm³/mol. The topological polar surface area (TPSA) is 54.5 Å². The van der Waals surface area contributed by atoms with Crippen molar-refractivity contribution in [2.45, 2.75) is 19.6 Å². The molecule has 7 heteroatoms. The van der Waals surface area contributed by atoms with Crippen molar-refractivity contribution in [1.82, 2.24) is 15.2 Å². The molecule has 2 aliphatic rings. The Hall–Kier alpha value is -1.28. The van der Waals surface area contributed by atoms with Crippen LogP contribution in [0.2, 0.25) is 0 Å². The Balaban J connectivity index is 1.30. The molecule has 2 aromatic rings. The van der Waals surface area contributed by atoms with Gasteiger partial charge in [-0.2, -0.15) is 0 Å². The highest BCUT2D eigenvalue weighted by Crippen LogP contribution is 2.34. The van der Waals surface area contributed by atoms with Crippen molar-refractivity contribution in [3.8, 4) is 0 Å². The Morgan fingerprint density at radius 1 is 1.46 bits per heavy atom. The van der Waals surface area contributed by atoms with E-state index >= 15 is 0 Å². The molecule has 1 amide bonds. The Morgan fingerprint density at radius 3 is 3.12 bits per heavy atom. The number of thiophene rings is 1. The fraction of sp³-hybridized carbons (Fsp3) is 0.529. The number of rotatable bonds is 5. The number of thiazole rings is 1. The first-order valence-corrected chi connectivity index (χ1v) is 10.0. The van der Waals surface area contributed by atoms with Crippen LogP contribution < -0.4 is 5.32 Å². The van der Waals surface area contributed by atoms with Gasteiger partial charge in [0.1, 0.15) is 5.69 Å². The lowest BCUT2D eigenvalue weighted by molar-refractivity contribution is 0.0902. The predicted octanol–water partition coefficient (Wildman–Crippen LogP) is 2.39. The molecule has 0 unspecified atom stereocenters. The molecule has 0 radical (unpaired) electrons. The zero-order chi connectivity index (χ0) is 16.5. The van der Waals surface area contributed by atoms with E-state index in [-0.39, 0.29) is 5.91 Å². The maximum atomic E-state index is 12.2. The third kappa shape index (κ3) is 3.39. The Kier molecular flexibility index (Phi) is 4.67. The van der Waals surface area contributed by atoms with Crippen molar-refractivity contribution in [3.63, 3.8) is 0 Å². The van der Waals surface area contributed by atoms with Crippen LogP contribution in [0.5, 0.6) is 0 Å². The first-order valence-electron chi connectivity index (χ1n) is 8.25. The van der Waals surface area contributed by atoms with Gasteiger partial charge in [-0.1, -0.05) is 6.07 Å². The van der Waals surface area contributed by atoms with Crippen LogP contribution >= 0.6 is 22.7 Å². The normalized spacial score (nSPS) is 26.6. The van der Waals surface area contributed by atoms with E-state index in [0.29, 0.717) is 30.2 Å². The molecular formula is C17H21N3O2S2. The summed E-state index contributed by atoms with van der Waals surface area (Å²) < 4.78 is 5.98. The van der Waals surface area contributed by atoms with Gasteiger partial charge in [0, 0.05) is 48.3 Å². The maximum absolute atomic E-state index is 12.2. The van der Waals surface area contributed by atoms with Crippen LogP contribution in [0.4, 0.5) is 0 Å². The molecule has 2 aliphatic heterocycles. The van der Waals surface area contributed by atoms with Crippen molar-refractivity contribution >= 4 is 28.6 Å². The molecule has 24 heavy (non-hydrogen) atoms. The minimum atomic E-state index is -0.0729. The zero-order valence-corrected chi connectivity index (χ0v) is 15.2. The average Bonchev–Trinajstić information content (AvgIpc) is 3.31. The summed E-state index contributed by atoms with van der Waals surface area (Å²) in [4.78, 5) is 20.3. The van der Waals surface area contributed by atoms with Crippen molar-refractivity contribution in [3.05, 3.63) is 38.5 Å². The number of nitrogens with zero attached hydrogens (tertiary/aromatic N) is 2. The second kappa shape index (κ2) is 6.92. The Morgan fingerprint density at radius 2 is 2.38 bits per heavy atom. The second-order valence-electron chi connectivity index (χ2n) is 6.53. The molecular weight excluding hydrogens is 342 g/mol. The van der Waals surface area contributed by atoms with Gasteiger partial charge in [-0.05, 0) is 18.4 Å². The lowest BCUT2D eigenvalue weighted by Gasteiger charge is -2.19. The summed E-state index contributed by atoms with van der Waals surface area (Å²) in [5.74, 6) is 0.839. The third-order valence-electron chi connectivity index (χ3n) is 4.85. The molecule has 2 fully saturated rings. The van der Waals surface area contributed by atoms with E-state index in [1.54, 1.807) is 11.3 Å². The van der Waals surface area contributed by atoms with E-state index < -0.39 is 0 Å². The summed E-state index contributed by atoms with van der Waals surface area (Å²) >= 11 is 3.31. The third-order valence-corrected chi connectivity index (χ3v) is 6.49. The number of aryl methyl sites for hydroxylation is 1. The van der Waals surface area contributed by atoms with Gasteiger partial charge < -0.3 is 10.1 Å². The Bertz CT molecular complexity index is 701. The number of nitrogens with one attached hydrogen (secondary N) is 1. The lowest BCUT2D eigenvalue weighted by Crippen LogP contribution is -2.34. The lowest BCUT2D eigenvalue weighted by atomic mass is 9.93. The van der Waals surface area contributed by atoms with Gasteiger partial charge in [0.15, 0.2) is 0 Å². The highest BCUT2D eigenvalue weighted by molar-refractivity contribution is 7.10. The molecule has 0 aromatic carbocycles. The van der Waals surface area contributed by atoms with E-state index in [1.807, 2.05) is 12.3 Å². The molecule has 0 saturated carbocycles. The molecule has 0 bridgehead atoms. The number of hydrogen-bond acceptors (Lipinski definition) is 6. The highest BCUT2D eigenvalue weighted by atomic mass is 32.1. The second-order valence-corrected chi connectivity index (χ2v) is 8.63. The quantitative estimate of drug-likeness (QED) is 0.886. The highest BCUT2D eigenvalue weighted by Gasteiger charge is 2.43. The van der Waals surface area contributed by atoms with Gasteiger partial charge in [0.05, 0.1) is 17.7 Å². The average molecular weight is 364 g/mol. The molecule has 1 N–H and O–H groups in total. The molecule has 0 aliphatic carbocycles. The minimum absolute atomic E-state index is 0.0729. The number of hydrogen-bond donors (Lipinski definition) is 1. The number of aromatic nitrogens is 1. The number of fused-ring (bicyclic) bond motifs is 1. The van der Waals surface area contributed by atoms with Gasteiger partial charge in [-0.3, -0.25) is 9.69 Å². The van der Waals surface area contributed by atoms with Crippen LogP contribution in [-0.4, -0.2) is 48.1 Å². The summed E-state index contributed by atoms with van der Waals surface area (Å²) in [6.07, 6.45) is 0.313. The largest absolute Gasteiger partial charge is 0.376 e. The van der Waals surface area contributed by atoms with Crippen molar-refractivity contribution in [2.24, 2.45) is 11.8 Å². The van der Waals surface area contributed by atoms with Gasteiger partial charge in [-0.25, -0.2) is 4.98 Å². The van der Waals surface area contributed by atoms with E-state index in [1.165, 1.54) is 16.2 Å². The molecule has 4 rings (SSSR count). The molecule has 128 valence electrons. The number of likely N-dealkylation sites (tertiary alicyclic amines) is 1. The first-order chi connectivity index (χ1) is 11.7. The van der Waals surface area contributed by atoms with E-state index in [9.17, 15) is 4.79 Å². The minimum Gasteiger partial charge on any atom is -0.376 e. The fourth-order valence-corrected chi connectivity index (χ4v) is 4.96. The van der Waals surface area contributed by atoms with Gasteiger partial charge in [0.2, 0.25) is 0 Å². The number of ether oxygens (including phenoxy) is 1. The van der Waals surface area contributed by atoms with E-state index in [4.69, 9.17) is 4.74 Å². The van der Waals surface area contributed by atoms with Crippen LogP contribution in [0, 0.1) is 18.8 Å². The SMILES string of the molecule is Cc1nc(C(=O)NC[C@@H]2CO[C@@H]3CN(Cc4cccs4)C[C@H]23)cs1. The summed E-state index contributed by atoms with van der Waals surface area (Å²) in [6.45, 7) is 6.39. The van der Waals surface area contributed by atoms with Gasteiger partial charge >= 0.3 is 0 Å². The summed E-state index contributed by atoms with van der Waals surface area (Å²) in [7, 11) is 0. The number of carbonyl (C=O) groups is 1. The molecule has 3 atom stereocenters. The van der Waals surface area contributed by atoms with Crippen molar-refractivity contribution in [1.29, 1.82) is 0 Å². The molecule has 2 aromatic heterocycles. The fourth-order valence-electron chi connectivity index (χ4n) is 3.62. The Labute approximate surface area is 149 Å². The molecule has 5 nitrogen and oxygen atoms in total. The van der Waals surface area contributed by atoms with Gasteiger partial charge in [-0.15, -0.1) is 22.7 Å². The summed E-state index contributed by atoms with van der Waals surface area (Å²) in [6, 6.07) is 4.29. The van der Waals surface area contributed by atoms with Crippen LogP contribution in [-0.2, 0) is 11.3 Å². The van der Waals surface area contributed by atoms with E-state index in [0.717, 1.165) is 31.2 Å². The van der Waals surface area contributed by atoms with E-state index in [2.05, 4.69) is 32.7 Å². The summed E-state index contributed by atoms with van der Waals surface area (Å²) in [5, 5.41) is 7.90. The molecule has 4 heterocycles. The number of carbonyl (C=O) groups excluding carboxylic acids is 1. The standard InChI is InChI=1S/C17H21N3O2S2/c1-11-19-15(10-24-11)17(21)18-5-12-9-22-16-8-20(7-14(12)16)6-13-3-2-4-23-13/h2-4,10,12,14,16H,5-9H2,1H3,(H,18,21)/t12-,14-,16-/m1/s1. The van der Waals surface area contributed by atoms with Crippen LogP contribution in [0.15, 0.2) is 22.9 Å². The van der Waals surface area contributed by atoms with Crippen LogP contribution in [0.25, 0.3) is 0 Å². The monoisotopic (exact) mass is 363 g/mol. The number of amides is 1. The summed E-state index contributed by atoms with van der Waals surface area (Å²) in [5.41, 5.74) is 0.527.